The molecule has 24 heavy (non-hydrogen) atoms. The van der Waals surface area contributed by atoms with Crippen LogP contribution in [0.4, 0.5) is 5.69 Å². The Bertz CT molecular complexity index is 817. The lowest BCUT2D eigenvalue weighted by molar-refractivity contribution is -0.384. The fourth-order valence-electron chi connectivity index (χ4n) is 2.06. The van der Waals surface area contributed by atoms with Crippen molar-refractivity contribution in [3.8, 4) is 11.5 Å². The smallest absolute Gasteiger partial charge is 0.270 e. The van der Waals surface area contributed by atoms with Crippen molar-refractivity contribution in [2.45, 2.75) is 0 Å². The summed E-state index contributed by atoms with van der Waals surface area (Å²) in [4.78, 5) is 22.6. The molecule has 0 unspecified atom stereocenters. The van der Waals surface area contributed by atoms with Gasteiger partial charge in [-0.25, -0.2) is 0 Å². The van der Waals surface area contributed by atoms with Crippen molar-refractivity contribution in [1.29, 1.82) is 0 Å². The fraction of sp³-hybridized carbons (Fsp3) is 0.118. The Morgan fingerprint density at radius 1 is 1.17 bits per heavy atom. The van der Waals surface area contributed by atoms with Crippen LogP contribution in [0, 0.1) is 10.1 Å². The van der Waals surface area contributed by atoms with Crippen LogP contribution in [0.2, 0.25) is 5.02 Å². The molecule has 0 spiro atoms. The standard InChI is InChI=1S/C17H14ClNO5/c1-23-16-10-17(24-2)14(18)9-13(16)15(20)7-6-11-4-3-5-12(8-11)19(21)22/h3-10H,1-2H3/b7-6+. The van der Waals surface area contributed by atoms with E-state index in [1.807, 2.05) is 0 Å². The van der Waals surface area contributed by atoms with Gasteiger partial charge in [-0.2, -0.15) is 0 Å². The monoisotopic (exact) mass is 347 g/mol. The van der Waals surface area contributed by atoms with Gasteiger partial charge in [-0.15, -0.1) is 0 Å². The van der Waals surface area contributed by atoms with Crippen molar-refractivity contribution < 1.29 is 19.2 Å². The molecule has 0 fully saturated rings. The van der Waals surface area contributed by atoms with Crippen molar-refractivity contribution in [2.75, 3.05) is 14.2 Å². The van der Waals surface area contributed by atoms with E-state index in [4.69, 9.17) is 21.1 Å². The number of halogens is 1. The molecule has 0 atom stereocenters. The minimum Gasteiger partial charge on any atom is -0.496 e. The number of nitro groups is 1. The van der Waals surface area contributed by atoms with Crippen molar-refractivity contribution in [1.82, 2.24) is 0 Å². The van der Waals surface area contributed by atoms with Crippen molar-refractivity contribution in [3.05, 3.63) is 68.7 Å². The maximum absolute atomic E-state index is 12.4. The number of hydrogen-bond acceptors (Lipinski definition) is 5. The summed E-state index contributed by atoms with van der Waals surface area (Å²) in [5.74, 6) is 0.376. The molecule has 6 nitrogen and oxygen atoms in total. The van der Waals surface area contributed by atoms with Gasteiger partial charge in [0.1, 0.15) is 11.5 Å². The Morgan fingerprint density at radius 3 is 2.50 bits per heavy atom. The third-order valence-electron chi connectivity index (χ3n) is 3.25. The third kappa shape index (κ3) is 3.91. The van der Waals surface area contributed by atoms with Gasteiger partial charge in [-0.05, 0) is 17.7 Å². The number of ether oxygens (including phenoxy) is 2. The molecule has 7 heteroatoms. The van der Waals surface area contributed by atoms with E-state index in [-0.39, 0.29) is 22.1 Å². The van der Waals surface area contributed by atoms with Crippen LogP contribution in [-0.4, -0.2) is 24.9 Å². The number of hydrogen-bond donors (Lipinski definition) is 0. The number of nitrogens with zero attached hydrogens (tertiary/aromatic N) is 1. The van der Waals surface area contributed by atoms with Gasteiger partial charge in [0.25, 0.3) is 5.69 Å². The number of benzene rings is 2. The first-order valence-corrected chi connectivity index (χ1v) is 7.22. The van der Waals surface area contributed by atoms with Gasteiger partial charge < -0.3 is 9.47 Å². The Balaban J connectivity index is 2.31. The maximum atomic E-state index is 12.4. The van der Waals surface area contributed by atoms with Crippen molar-refractivity contribution in [3.63, 3.8) is 0 Å². The lowest BCUT2D eigenvalue weighted by Crippen LogP contribution is -2.00. The van der Waals surface area contributed by atoms with E-state index in [1.54, 1.807) is 12.1 Å². The number of nitro benzene ring substituents is 1. The summed E-state index contributed by atoms with van der Waals surface area (Å²) in [5.41, 5.74) is 0.760. The summed E-state index contributed by atoms with van der Waals surface area (Å²) in [6.45, 7) is 0. The predicted octanol–water partition coefficient (Wildman–Crippen LogP) is 4.16. The van der Waals surface area contributed by atoms with Crippen LogP contribution in [0.3, 0.4) is 0 Å². The zero-order valence-corrected chi connectivity index (χ0v) is 13.7. The highest BCUT2D eigenvalue weighted by Gasteiger charge is 2.14. The second kappa shape index (κ2) is 7.61. The normalized spacial score (nSPS) is 10.6. The average Bonchev–Trinajstić information content (AvgIpc) is 2.59. The first-order chi connectivity index (χ1) is 11.5. The first kappa shape index (κ1) is 17.5. The maximum Gasteiger partial charge on any atom is 0.270 e. The molecule has 0 saturated carbocycles. The quantitative estimate of drug-likeness (QED) is 0.339. The summed E-state index contributed by atoms with van der Waals surface area (Å²) in [6, 6.07) is 8.95. The highest BCUT2D eigenvalue weighted by Crippen LogP contribution is 2.33. The number of non-ortho nitro benzene ring substituents is 1. The van der Waals surface area contributed by atoms with Crippen LogP contribution in [-0.2, 0) is 0 Å². The molecule has 2 rings (SSSR count). The summed E-state index contributed by atoms with van der Waals surface area (Å²) in [6.07, 6.45) is 2.80. The van der Waals surface area contributed by atoms with Gasteiger partial charge in [0.2, 0.25) is 0 Å². The molecule has 0 N–H and O–H groups in total. The van der Waals surface area contributed by atoms with Crippen LogP contribution in [0.5, 0.6) is 11.5 Å². The number of carbonyl (C=O) groups is 1. The molecule has 0 aliphatic carbocycles. The van der Waals surface area contributed by atoms with Crippen LogP contribution in [0.15, 0.2) is 42.5 Å². The molecular formula is C17H14ClNO5. The lowest BCUT2D eigenvalue weighted by Gasteiger charge is -2.10. The molecule has 2 aromatic carbocycles. The second-order valence-corrected chi connectivity index (χ2v) is 5.14. The third-order valence-corrected chi connectivity index (χ3v) is 3.54. The highest BCUT2D eigenvalue weighted by atomic mass is 35.5. The molecule has 0 aliphatic heterocycles. The zero-order chi connectivity index (χ0) is 17.7. The summed E-state index contributed by atoms with van der Waals surface area (Å²) in [7, 11) is 2.90. The second-order valence-electron chi connectivity index (χ2n) is 4.74. The molecule has 0 aliphatic rings. The number of rotatable bonds is 6. The first-order valence-electron chi connectivity index (χ1n) is 6.84. The average molecular weight is 348 g/mol. The van der Waals surface area contributed by atoms with Gasteiger partial charge in [0.05, 0.1) is 29.7 Å². The van der Waals surface area contributed by atoms with Crippen molar-refractivity contribution >= 4 is 29.1 Å². The molecule has 0 aromatic heterocycles. The van der Waals surface area contributed by atoms with Crippen molar-refractivity contribution in [2.24, 2.45) is 0 Å². The van der Waals surface area contributed by atoms with E-state index in [0.29, 0.717) is 17.1 Å². The Kier molecular flexibility index (Phi) is 5.55. The summed E-state index contributed by atoms with van der Waals surface area (Å²) < 4.78 is 10.3. The van der Waals surface area contributed by atoms with Gasteiger partial charge in [0, 0.05) is 18.2 Å². The van der Waals surface area contributed by atoms with Crippen LogP contribution in [0.1, 0.15) is 15.9 Å². The van der Waals surface area contributed by atoms with Crippen LogP contribution in [0.25, 0.3) is 6.08 Å². The van der Waals surface area contributed by atoms with E-state index in [0.717, 1.165) is 0 Å². The molecule has 0 saturated heterocycles. The molecule has 2 aromatic rings. The van der Waals surface area contributed by atoms with Gasteiger partial charge >= 0.3 is 0 Å². The molecule has 0 radical (unpaired) electrons. The zero-order valence-electron chi connectivity index (χ0n) is 13.0. The Hall–Kier alpha value is -2.86. The lowest BCUT2D eigenvalue weighted by atomic mass is 10.1. The van der Waals surface area contributed by atoms with Gasteiger partial charge in [0.15, 0.2) is 5.78 Å². The van der Waals surface area contributed by atoms with Gasteiger partial charge in [-0.1, -0.05) is 29.8 Å². The number of ketones is 1. The Labute approximate surface area is 143 Å². The number of methoxy groups -OCH3 is 2. The summed E-state index contributed by atoms with van der Waals surface area (Å²) >= 11 is 6.04. The van der Waals surface area contributed by atoms with E-state index in [2.05, 4.69) is 0 Å². The largest absolute Gasteiger partial charge is 0.496 e. The SMILES string of the molecule is COc1cc(OC)c(C(=O)/C=C/c2cccc([N+](=O)[O-])c2)cc1Cl. The van der Waals surface area contributed by atoms with Crippen LogP contribution < -0.4 is 9.47 Å². The molecule has 0 bridgehead atoms. The number of allylic oxidation sites excluding steroid dienone is 1. The topological polar surface area (TPSA) is 78.7 Å². The molecule has 124 valence electrons. The minimum absolute atomic E-state index is 0.0466. The predicted molar refractivity (Wildman–Crippen MR) is 91.0 cm³/mol. The molecule has 0 amide bonds. The highest BCUT2D eigenvalue weighted by molar-refractivity contribution is 6.32. The molecular weight excluding hydrogens is 334 g/mol. The fourth-order valence-corrected chi connectivity index (χ4v) is 2.30. The Morgan fingerprint density at radius 2 is 1.88 bits per heavy atom. The number of carbonyl (C=O) groups excluding carboxylic acids is 1. The van der Waals surface area contributed by atoms with E-state index >= 15 is 0 Å². The van der Waals surface area contributed by atoms with E-state index in [1.165, 1.54) is 50.6 Å². The van der Waals surface area contributed by atoms with E-state index in [9.17, 15) is 14.9 Å². The van der Waals surface area contributed by atoms with Gasteiger partial charge in [-0.3, -0.25) is 14.9 Å². The van der Waals surface area contributed by atoms with Crippen LogP contribution >= 0.6 is 11.6 Å². The summed E-state index contributed by atoms with van der Waals surface area (Å²) in [5, 5.41) is 11.0. The minimum atomic E-state index is -0.495. The molecule has 0 heterocycles. The van der Waals surface area contributed by atoms with E-state index < -0.39 is 4.92 Å².